The fourth-order valence-corrected chi connectivity index (χ4v) is 8.60. The van der Waals surface area contributed by atoms with E-state index in [1.807, 2.05) is 18.3 Å². The molecule has 10 aromatic rings. The molecule has 8 aromatic carbocycles. The second-order valence-corrected chi connectivity index (χ2v) is 14.6. The third kappa shape index (κ3) is 4.20. The minimum Gasteiger partial charge on any atom is -0.456 e. The first-order chi connectivity index (χ1) is 25.5. The lowest BCUT2D eigenvalue weighted by Gasteiger charge is -2.22. The molecule has 2 aromatic heterocycles. The van der Waals surface area contributed by atoms with E-state index in [2.05, 4.69) is 153 Å². The quantitative estimate of drug-likeness (QED) is 0.176. The molecule has 1 aliphatic rings. The van der Waals surface area contributed by atoms with Gasteiger partial charge in [-0.3, -0.25) is 4.98 Å². The molecular weight excluding hydrogens is 633 g/mol. The van der Waals surface area contributed by atoms with E-state index >= 15 is 0 Å². The predicted molar refractivity (Wildman–Crippen MR) is 216 cm³/mol. The highest BCUT2D eigenvalue weighted by Gasteiger charge is 2.36. The third-order valence-electron chi connectivity index (χ3n) is 11.3. The topological polar surface area (TPSA) is 38.9 Å². The van der Waals surface area contributed by atoms with Crippen LogP contribution in [0, 0.1) is 0 Å². The van der Waals surface area contributed by atoms with Gasteiger partial charge in [-0.15, -0.1) is 0 Å². The minimum absolute atomic E-state index is 0.174. The van der Waals surface area contributed by atoms with E-state index in [1.165, 1.54) is 55.3 Å². The summed E-state index contributed by atoms with van der Waals surface area (Å²) in [6, 6.07) is 54.5. The molecule has 0 aliphatic heterocycles. The molecule has 52 heavy (non-hydrogen) atoms. The van der Waals surface area contributed by atoms with Crippen molar-refractivity contribution in [2.75, 3.05) is 0 Å². The standard InChI is InChI=1S/C49H32N2O/c1-49(2)42-26-32(30-17-15-29(16-18-30)31-21-24-46-41(25-31)38-11-7-8-14-45(38)52-46)19-22-36(42)37-23-20-33(27-43(37)49)44-28-50-47-39-12-5-3-9-34(39)35-10-4-6-13-40(35)48(47)51-44/h3-28H,1-2H3. The van der Waals surface area contributed by atoms with E-state index in [4.69, 9.17) is 14.4 Å². The first kappa shape index (κ1) is 29.2. The van der Waals surface area contributed by atoms with E-state index in [1.54, 1.807) is 0 Å². The van der Waals surface area contributed by atoms with Crippen LogP contribution < -0.4 is 0 Å². The first-order valence-electron chi connectivity index (χ1n) is 17.9. The van der Waals surface area contributed by atoms with Crippen LogP contribution >= 0.6 is 0 Å². The number of nitrogens with zero attached hydrogens (tertiary/aromatic N) is 2. The van der Waals surface area contributed by atoms with Crippen LogP contribution in [0.25, 0.3) is 99.2 Å². The van der Waals surface area contributed by atoms with Gasteiger partial charge in [0.15, 0.2) is 0 Å². The van der Waals surface area contributed by atoms with Crippen molar-refractivity contribution >= 4 is 54.5 Å². The molecule has 0 atom stereocenters. The summed E-state index contributed by atoms with van der Waals surface area (Å²) >= 11 is 0. The van der Waals surface area contributed by atoms with Gasteiger partial charge >= 0.3 is 0 Å². The van der Waals surface area contributed by atoms with Crippen LogP contribution in [0.5, 0.6) is 0 Å². The van der Waals surface area contributed by atoms with Crippen molar-refractivity contribution in [3.63, 3.8) is 0 Å². The molecule has 2 heterocycles. The molecule has 11 rings (SSSR count). The second-order valence-electron chi connectivity index (χ2n) is 14.6. The van der Waals surface area contributed by atoms with Crippen LogP contribution in [-0.2, 0) is 5.41 Å². The van der Waals surface area contributed by atoms with E-state index in [0.717, 1.165) is 55.0 Å². The van der Waals surface area contributed by atoms with Crippen molar-refractivity contribution in [2.24, 2.45) is 0 Å². The summed E-state index contributed by atoms with van der Waals surface area (Å²) in [6.45, 7) is 4.69. The minimum atomic E-state index is -0.174. The average Bonchev–Trinajstić information content (AvgIpc) is 3.68. The van der Waals surface area contributed by atoms with Gasteiger partial charge in [0.05, 0.1) is 22.9 Å². The third-order valence-corrected chi connectivity index (χ3v) is 11.3. The molecule has 0 bridgehead atoms. The fraction of sp³-hybridized carbons (Fsp3) is 0.0612. The zero-order valence-corrected chi connectivity index (χ0v) is 28.8. The summed E-state index contributed by atoms with van der Waals surface area (Å²) in [7, 11) is 0. The number of rotatable bonds is 3. The monoisotopic (exact) mass is 664 g/mol. The van der Waals surface area contributed by atoms with Gasteiger partial charge in [0.2, 0.25) is 0 Å². The normalized spacial score (nSPS) is 13.3. The van der Waals surface area contributed by atoms with Crippen molar-refractivity contribution in [1.82, 2.24) is 9.97 Å². The Morgan fingerprint density at radius 1 is 0.423 bits per heavy atom. The maximum atomic E-state index is 6.06. The Labute approximate surface area is 300 Å². The Morgan fingerprint density at radius 3 is 1.62 bits per heavy atom. The number of furan rings is 1. The van der Waals surface area contributed by atoms with Crippen LogP contribution in [-0.4, -0.2) is 9.97 Å². The molecule has 0 unspecified atom stereocenters. The van der Waals surface area contributed by atoms with Crippen LogP contribution in [0.2, 0.25) is 0 Å². The van der Waals surface area contributed by atoms with Crippen LogP contribution in [0.15, 0.2) is 162 Å². The fourth-order valence-electron chi connectivity index (χ4n) is 8.60. The van der Waals surface area contributed by atoms with Gasteiger partial charge in [-0.1, -0.05) is 135 Å². The Balaban J connectivity index is 0.945. The lowest BCUT2D eigenvalue weighted by molar-refractivity contribution is 0.661. The average molecular weight is 665 g/mol. The molecule has 0 radical (unpaired) electrons. The van der Waals surface area contributed by atoms with Crippen molar-refractivity contribution in [3.8, 4) is 44.6 Å². The number of fused-ring (bicyclic) bond motifs is 12. The molecule has 0 saturated heterocycles. The van der Waals surface area contributed by atoms with Gasteiger partial charge < -0.3 is 4.42 Å². The van der Waals surface area contributed by atoms with Gasteiger partial charge in [0.25, 0.3) is 0 Å². The van der Waals surface area contributed by atoms with Crippen molar-refractivity contribution in [1.29, 1.82) is 0 Å². The van der Waals surface area contributed by atoms with E-state index in [0.29, 0.717) is 0 Å². The largest absolute Gasteiger partial charge is 0.456 e. The Bertz CT molecular complexity index is 3060. The Morgan fingerprint density at radius 2 is 0.923 bits per heavy atom. The summed E-state index contributed by atoms with van der Waals surface area (Å²) in [6.07, 6.45) is 1.94. The van der Waals surface area contributed by atoms with Gasteiger partial charge in [-0.25, -0.2) is 4.98 Å². The smallest absolute Gasteiger partial charge is 0.135 e. The lowest BCUT2D eigenvalue weighted by Crippen LogP contribution is -2.15. The second kappa shape index (κ2) is 10.7. The zero-order valence-electron chi connectivity index (χ0n) is 28.8. The number of para-hydroxylation sites is 1. The van der Waals surface area contributed by atoms with Crippen LogP contribution in [0.3, 0.4) is 0 Å². The summed E-state index contributed by atoms with van der Waals surface area (Å²) in [4.78, 5) is 10.3. The highest BCUT2D eigenvalue weighted by Crippen LogP contribution is 2.51. The summed E-state index contributed by atoms with van der Waals surface area (Å²) in [5, 5.41) is 6.98. The van der Waals surface area contributed by atoms with Gasteiger partial charge in [0.1, 0.15) is 11.2 Å². The molecule has 244 valence electrons. The summed E-state index contributed by atoms with van der Waals surface area (Å²) in [5.41, 5.74) is 15.6. The molecule has 3 nitrogen and oxygen atoms in total. The van der Waals surface area contributed by atoms with Gasteiger partial charge in [-0.05, 0) is 85.6 Å². The van der Waals surface area contributed by atoms with Gasteiger partial charge in [-0.2, -0.15) is 0 Å². The first-order valence-corrected chi connectivity index (χ1v) is 17.9. The number of benzene rings is 8. The van der Waals surface area contributed by atoms with Gasteiger partial charge in [0, 0.05) is 32.5 Å². The van der Waals surface area contributed by atoms with Crippen molar-refractivity contribution in [3.05, 3.63) is 169 Å². The molecule has 0 amide bonds. The number of hydrogen-bond acceptors (Lipinski definition) is 3. The van der Waals surface area contributed by atoms with Crippen molar-refractivity contribution in [2.45, 2.75) is 19.3 Å². The zero-order chi connectivity index (χ0) is 34.6. The maximum absolute atomic E-state index is 6.06. The Hall–Kier alpha value is -6.58. The lowest BCUT2D eigenvalue weighted by atomic mass is 9.81. The molecule has 0 fully saturated rings. The summed E-state index contributed by atoms with van der Waals surface area (Å²) in [5.74, 6) is 0. The van der Waals surface area contributed by atoms with Crippen molar-refractivity contribution < 1.29 is 4.42 Å². The van der Waals surface area contributed by atoms with Crippen LogP contribution in [0.1, 0.15) is 25.0 Å². The SMILES string of the molecule is CC1(C)c2cc(-c3ccc(-c4ccc5oc6ccccc6c5c4)cc3)ccc2-c2ccc(-c3cnc4c5ccccc5c5ccccc5c4n3)cc21. The predicted octanol–water partition coefficient (Wildman–Crippen LogP) is 13.1. The van der Waals surface area contributed by atoms with E-state index in [9.17, 15) is 0 Å². The number of hydrogen-bond donors (Lipinski definition) is 0. The maximum Gasteiger partial charge on any atom is 0.135 e. The molecule has 1 aliphatic carbocycles. The molecular formula is C49H32N2O. The molecule has 3 heteroatoms. The van der Waals surface area contributed by atoms with E-state index in [-0.39, 0.29) is 5.41 Å². The van der Waals surface area contributed by atoms with Crippen LogP contribution in [0.4, 0.5) is 0 Å². The highest BCUT2D eigenvalue weighted by molar-refractivity contribution is 6.23. The highest BCUT2D eigenvalue weighted by atomic mass is 16.3. The molecule has 0 N–H and O–H groups in total. The number of aromatic nitrogens is 2. The Kier molecular flexibility index (Phi) is 6.01. The summed E-state index contributed by atoms with van der Waals surface area (Å²) < 4.78 is 6.06. The molecule has 0 saturated carbocycles. The van der Waals surface area contributed by atoms with E-state index < -0.39 is 0 Å². The molecule has 0 spiro atoms.